The Morgan fingerprint density at radius 3 is 0.736 bits per heavy atom. The van der Waals surface area contributed by atoms with E-state index in [0.29, 0.717) is 115 Å². The molecule has 87 heavy (non-hydrogen) atoms. The van der Waals surface area contributed by atoms with Gasteiger partial charge in [-0.25, -0.2) is 0 Å². The number of ether oxygens (including phenoxy) is 6. The summed E-state index contributed by atoms with van der Waals surface area (Å²) in [6.07, 6.45) is 1.82. The van der Waals surface area contributed by atoms with E-state index in [1.807, 2.05) is 9.80 Å². The molecule has 0 spiro atoms. The van der Waals surface area contributed by atoms with Crippen LogP contribution in [-0.2, 0) is 94.8 Å². The van der Waals surface area contributed by atoms with Crippen LogP contribution in [0, 0.1) is 0 Å². The summed E-state index contributed by atoms with van der Waals surface area (Å²) in [5.41, 5.74) is 10.1. The minimum atomic E-state index is -2.74. The molecule has 0 bridgehead atoms. The van der Waals surface area contributed by atoms with E-state index in [9.17, 15) is 20.4 Å². The normalized spacial score (nSPS) is 15.3. The number of nitrogens with two attached hydrogens (primary N) is 2. The molecule has 1 aliphatic rings. The number of rotatable bonds is 59. The van der Waals surface area contributed by atoms with E-state index in [0.717, 1.165) is 38.6 Å². The number of epoxide rings is 1. The van der Waals surface area contributed by atoms with Crippen molar-refractivity contribution >= 4 is 44.0 Å². The lowest BCUT2D eigenvalue weighted by atomic mass is 10.2. The minimum Gasteiger partial charge on any atom is -0.389 e. The lowest BCUT2D eigenvalue weighted by molar-refractivity contribution is -0.0173. The molecule has 1 rings (SSSR count). The summed E-state index contributed by atoms with van der Waals surface area (Å²) < 4.78 is 115. The van der Waals surface area contributed by atoms with E-state index in [1.54, 1.807) is 107 Å². The molecule has 530 valence electrons. The van der Waals surface area contributed by atoms with Crippen LogP contribution in [0.5, 0.6) is 0 Å². The number of aliphatic hydroxyl groups excluding tert-OH is 4. The fourth-order valence-corrected chi connectivity index (χ4v) is 17.0. The summed E-state index contributed by atoms with van der Waals surface area (Å²) in [4.78, 5) is 3.92. The zero-order valence-corrected chi connectivity index (χ0v) is 59.7. The van der Waals surface area contributed by atoms with Gasteiger partial charge in [0, 0.05) is 196 Å². The van der Waals surface area contributed by atoms with Gasteiger partial charge in [0.05, 0.1) is 64.1 Å². The van der Waals surface area contributed by atoms with Crippen molar-refractivity contribution < 1.29 is 115 Å². The zero-order chi connectivity index (χ0) is 64.3. The van der Waals surface area contributed by atoms with Crippen LogP contribution < -0.4 is 11.5 Å². The van der Waals surface area contributed by atoms with Gasteiger partial charge in [-0.15, -0.1) is 0 Å². The molecule has 1 heterocycles. The molecule has 1 saturated heterocycles. The first-order valence-corrected chi connectivity index (χ1v) is 38.9. The average molecular weight is 1360 g/mol. The average Bonchev–Trinajstić information content (AvgIpc) is 4.43. The second-order valence-electron chi connectivity index (χ2n) is 19.7. The first kappa shape index (κ1) is 93.3. The summed E-state index contributed by atoms with van der Waals surface area (Å²) >= 11 is 0. The monoisotopic (exact) mass is 1360 g/mol. The number of hydrogen-bond acceptors (Lipinski definition) is 29. The van der Waals surface area contributed by atoms with Gasteiger partial charge in [0.25, 0.3) is 0 Å². The molecule has 0 aromatic heterocycles. The highest BCUT2D eigenvalue weighted by Crippen LogP contribution is 2.20. The second-order valence-corrected chi connectivity index (χ2v) is 35.2. The molecule has 0 saturated carbocycles. The van der Waals surface area contributed by atoms with Gasteiger partial charge in [-0.2, -0.15) is 0 Å². The lowest BCUT2D eigenvalue weighted by Crippen LogP contribution is -2.44. The standard InChI is InChI=1S/C39H90N2O20Si4.C9H20O5Si.C3H10N2.2CH4/c1-46-62(47-2,48-3)24-14-20-58-32-36(42)28-40(29-37(43)33-59-21-15-25-63(49-4,50-5)51-6)18-13-19-41(30-38(44)34-60-22-16-26-64(52-7,53-8)54-9)31-39(45)35-61-23-17-27-65(55-10,56-11)57-12;1-10-15(11-2,12-3)6-4-5-13-7-9-8-14-9;4-2-1-3-5;;/h36-39,42-45H,13-35H2,1-12H3;9H,4-8H2,1-3H3;1-5H2;2*1H4. The Morgan fingerprint density at radius 1 is 0.356 bits per heavy atom. The lowest BCUT2D eigenvalue weighted by Gasteiger charge is -2.30. The van der Waals surface area contributed by atoms with Crippen molar-refractivity contribution in [3.05, 3.63) is 0 Å². The van der Waals surface area contributed by atoms with Crippen molar-refractivity contribution in [2.24, 2.45) is 11.5 Å². The molecule has 0 aromatic carbocycles. The topological polar surface area (TPSA) is 337 Å². The summed E-state index contributed by atoms with van der Waals surface area (Å²) in [6, 6.07) is 3.03. The molecule has 34 heteroatoms. The third kappa shape index (κ3) is 44.3. The summed E-state index contributed by atoms with van der Waals surface area (Å²) in [6.45, 7) is 7.32. The van der Waals surface area contributed by atoms with Gasteiger partial charge in [0.1, 0.15) is 6.10 Å². The predicted octanol–water partition coefficient (Wildman–Crippen LogP) is 1.80. The van der Waals surface area contributed by atoms with Crippen LogP contribution in [0.3, 0.4) is 0 Å². The summed E-state index contributed by atoms with van der Waals surface area (Å²) in [7, 11) is 10.3. The number of aliphatic hydroxyl groups is 4. The molecule has 0 radical (unpaired) electrons. The SMILES string of the molecule is C.C.CO[Si](CCCOCC(O)CN(CCCN(CC(O)COCCC[Si](OC)(OC)OC)CC(O)COCCC[Si](OC)(OC)OC)CC(O)COCCC[Si](OC)(OC)OC)(OC)OC.CO[Si](CCCOCC1CO1)(OC)OC.NCCCN. The minimum absolute atomic E-state index is 0. The first-order chi connectivity index (χ1) is 40.8. The Hall–Kier alpha value is -0.0756. The van der Waals surface area contributed by atoms with E-state index in [4.69, 9.17) is 106 Å². The molecule has 8 N–H and O–H groups in total. The van der Waals surface area contributed by atoms with Crippen LogP contribution >= 0.6 is 0 Å². The van der Waals surface area contributed by atoms with E-state index in [2.05, 4.69) is 0 Å². The first-order valence-electron chi connectivity index (χ1n) is 29.2. The maximum absolute atomic E-state index is 11.1. The highest BCUT2D eigenvalue weighted by molar-refractivity contribution is 6.62. The van der Waals surface area contributed by atoms with Gasteiger partial charge in [-0.3, -0.25) is 9.80 Å². The van der Waals surface area contributed by atoms with Crippen LogP contribution in [0.1, 0.15) is 59.8 Å². The van der Waals surface area contributed by atoms with Gasteiger partial charge in [-0.1, -0.05) is 14.9 Å². The maximum atomic E-state index is 11.1. The van der Waals surface area contributed by atoms with Crippen molar-refractivity contribution in [1.29, 1.82) is 0 Å². The van der Waals surface area contributed by atoms with Crippen molar-refractivity contribution in [2.75, 3.05) is 232 Å². The molecule has 1 aliphatic heterocycles. The highest BCUT2D eigenvalue weighted by Gasteiger charge is 2.40. The van der Waals surface area contributed by atoms with Gasteiger partial charge >= 0.3 is 44.0 Å². The third-order valence-electron chi connectivity index (χ3n) is 13.7. The Kier molecular flexibility index (Phi) is 62.8. The highest BCUT2D eigenvalue weighted by atomic mass is 28.4. The third-order valence-corrected chi connectivity index (χ3v) is 27.9. The molecule has 1 fully saturated rings. The fourth-order valence-electron chi connectivity index (χ4n) is 8.54. The molecular formula is C53H128N4O25Si5. The molecular weight excluding hydrogens is 1230 g/mol. The molecule has 0 aliphatic carbocycles. The van der Waals surface area contributed by atoms with Gasteiger partial charge < -0.3 is 127 Å². The van der Waals surface area contributed by atoms with E-state index < -0.39 is 68.4 Å². The number of nitrogens with zero attached hydrogens (tertiary/aromatic N) is 2. The van der Waals surface area contributed by atoms with Gasteiger partial charge in [0.15, 0.2) is 0 Å². The fraction of sp³-hybridized carbons (Fsp3) is 1.00. The van der Waals surface area contributed by atoms with Gasteiger partial charge in [0.2, 0.25) is 0 Å². The number of hydrogen-bond donors (Lipinski definition) is 6. The Balaban J connectivity index is -0.00000131. The summed E-state index contributed by atoms with van der Waals surface area (Å²) in [5.74, 6) is 0. The molecule has 0 aromatic rings. The molecule has 0 amide bonds. The van der Waals surface area contributed by atoms with Crippen molar-refractivity contribution in [3.63, 3.8) is 0 Å². The molecule has 29 nitrogen and oxygen atoms in total. The largest absolute Gasteiger partial charge is 0.500 e. The van der Waals surface area contributed by atoms with Crippen molar-refractivity contribution in [3.8, 4) is 0 Å². The van der Waals surface area contributed by atoms with Gasteiger partial charge in [-0.05, 0) is 71.1 Å². The Morgan fingerprint density at radius 2 is 0.563 bits per heavy atom. The zero-order valence-electron chi connectivity index (χ0n) is 54.7. The van der Waals surface area contributed by atoms with E-state index in [1.165, 1.54) is 0 Å². The molecule has 5 atom stereocenters. The van der Waals surface area contributed by atoms with Crippen LogP contribution in [0.2, 0.25) is 30.2 Å². The second kappa shape index (κ2) is 58.5. The van der Waals surface area contributed by atoms with E-state index >= 15 is 0 Å². The van der Waals surface area contributed by atoms with E-state index in [-0.39, 0.29) is 67.5 Å². The Labute approximate surface area is 530 Å². The van der Waals surface area contributed by atoms with Crippen LogP contribution in [0.4, 0.5) is 0 Å². The van der Waals surface area contributed by atoms with Crippen LogP contribution in [0.15, 0.2) is 0 Å². The predicted molar refractivity (Wildman–Crippen MR) is 343 cm³/mol. The molecule has 5 unspecified atom stereocenters. The van der Waals surface area contributed by atoms with Crippen LogP contribution in [-0.4, -0.2) is 336 Å². The maximum Gasteiger partial charge on any atom is 0.500 e. The smallest absolute Gasteiger partial charge is 0.389 e. The quantitative estimate of drug-likeness (QED) is 0.0287. The van der Waals surface area contributed by atoms with Crippen molar-refractivity contribution in [2.45, 2.75) is 121 Å². The van der Waals surface area contributed by atoms with Crippen molar-refractivity contribution in [1.82, 2.24) is 9.80 Å². The Bertz CT molecular complexity index is 1270. The van der Waals surface area contributed by atoms with Crippen LogP contribution in [0.25, 0.3) is 0 Å². The summed E-state index contributed by atoms with van der Waals surface area (Å²) in [5, 5.41) is 44.3.